The van der Waals surface area contributed by atoms with E-state index < -0.39 is 47.8 Å². The summed E-state index contributed by atoms with van der Waals surface area (Å²) in [6, 6.07) is 10.1. The molecule has 4 atom stereocenters. The summed E-state index contributed by atoms with van der Waals surface area (Å²) in [5, 5.41) is 11.2. The molecule has 1 unspecified atom stereocenters. The maximum Gasteiger partial charge on any atom is 0.407 e. The van der Waals surface area contributed by atoms with Crippen molar-refractivity contribution in [2.24, 2.45) is 38.1 Å². The second-order valence-corrected chi connectivity index (χ2v) is 15.4. The number of alkyl halides is 4. The molecule has 2 heterocycles. The predicted octanol–water partition coefficient (Wildman–Crippen LogP) is 7.37. The summed E-state index contributed by atoms with van der Waals surface area (Å²) in [7, 11) is 1.18. The zero-order valence-electron chi connectivity index (χ0n) is 30.2. The van der Waals surface area contributed by atoms with Crippen molar-refractivity contribution in [3.8, 4) is 11.1 Å². The molecule has 2 saturated carbocycles. The molecule has 2 amide bonds. The number of carbonyl (C=O) groups is 2. The van der Waals surface area contributed by atoms with Gasteiger partial charge in [0.05, 0.1) is 22.9 Å². The summed E-state index contributed by atoms with van der Waals surface area (Å²) >= 11 is 6.51. The Kier molecular flexibility index (Phi) is 10.8. The highest BCUT2D eigenvalue weighted by Gasteiger charge is 2.53. The number of halogens is 5. The van der Waals surface area contributed by atoms with Gasteiger partial charge in [-0.05, 0) is 71.8 Å². The Morgan fingerprint density at radius 1 is 1.17 bits per heavy atom. The van der Waals surface area contributed by atoms with Crippen molar-refractivity contribution in [1.82, 2.24) is 20.0 Å². The molecule has 0 spiro atoms. The first-order valence-corrected chi connectivity index (χ1v) is 17.8. The zero-order chi connectivity index (χ0) is 39.1. The number of guanidine groups is 1. The molecular weight excluding hydrogens is 730 g/mol. The van der Waals surface area contributed by atoms with Gasteiger partial charge in [0.15, 0.2) is 17.3 Å². The number of aliphatic imine (C=N–C) groups is 2. The van der Waals surface area contributed by atoms with Crippen molar-refractivity contribution < 1.29 is 31.9 Å². The minimum atomic E-state index is -3.03. The number of nitrogens with one attached hydrogen (secondary N) is 1. The summed E-state index contributed by atoms with van der Waals surface area (Å²) in [5.41, 5.74) is 6.42. The number of hydrogen-bond acceptors (Lipinski definition) is 8. The number of amidine groups is 1. The van der Waals surface area contributed by atoms with Crippen molar-refractivity contribution in [1.29, 1.82) is 0 Å². The molecule has 6 rings (SSSR count). The van der Waals surface area contributed by atoms with Crippen LogP contribution < -0.4 is 16.1 Å². The zero-order valence-corrected chi connectivity index (χ0v) is 31.0. The van der Waals surface area contributed by atoms with Gasteiger partial charge in [0.25, 0.3) is 12.3 Å². The van der Waals surface area contributed by atoms with Crippen molar-refractivity contribution in [3.05, 3.63) is 71.0 Å². The Balaban J connectivity index is 1.37. The number of nitrogens with two attached hydrogens (primary N) is 1. The number of nitrogens with zero attached hydrogens (tertiary/aromatic N) is 7. The first kappa shape index (κ1) is 38.7. The maximum absolute atomic E-state index is 15.0. The lowest BCUT2D eigenvalue weighted by Gasteiger charge is -2.35. The molecule has 3 aliphatic rings. The summed E-state index contributed by atoms with van der Waals surface area (Å²) in [4.78, 5) is 37.8. The van der Waals surface area contributed by atoms with Gasteiger partial charge in [-0.15, -0.1) is 0 Å². The molecule has 54 heavy (non-hydrogen) atoms. The number of anilines is 1. The van der Waals surface area contributed by atoms with E-state index in [0.29, 0.717) is 38.8 Å². The Morgan fingerprint density at radius 3 is 2.44 bits per heavy atom. The van der Waals surface area contributed by atoms with Crippen molar-refractivity contribution >= 4 is 47.8 Å². The number of aromatic nitrogens is 2. The maximum atomic E-state index is 15.0. The first-order chi connectivity index (χ1) is 25.6. The summed E-state index contributed by atoms with van der Waals surface area (Å²) in [5.74, 6) is -0.396. The molecule has 12 nitrogen and oxygen atoms in total. The molecule has 1 aromatic heterocycles. The van der Waals surface area contributed by atoms with Gasteiger partial charge in [-0.1, -0.05) is 62.7 Å². The average Bonchev–Trinajstić information content (AvgIpc) is 4.03. The monoisotopic (exact) mass is 771 g/mol. The normalized spacial score (nSPS) is 22.1. The van der Waals surface area contributed by atoms with Crippen LogP contribution in [0.15, 0.2) is 69.9 Å². The number of hydrogen-bond donors (Lipinski definition) is 2. The number of hydrazone groups is 1. The number of alkyl carbamates (subject to hydrolysis) is 1. The fourth-order valence-electron chi connectivity index (χ4n) is 7.16. The second kappa shape index (κ2) is 15.0. The number of amides is 2. The van der Waals surface area contributed by atoms with Gasteiger partial charge in [-0.3, -0.25) is 14.7 Å². The molecule has 288 valence electrons. The SMILES string of the molecule is C=NN(C(=NC)C(F)F)c1cc([C@@H](COC(=O)N[C@@H]2CC2C2CC2)N2C(=O)[C@@](CC(C)(C)C)(c3ccc(-c4cnn(C(F)F)c4)cc3)N=C2N)ccc1Cl. The summed E-state index contributed by atoms with van der Waals surface area (Å²) in [6.07, 6.45) is 2.18. The van der Waals surface area contributed by atoms with Crippen LogP contribution in [0.5, 0.6) is 0 Å². The molecule has 3 aromatic rings. The van der Waals surface area contributed by atoms with Gasteiger partial charge in [0, 0.05) is 31.6 Å². The molecule has 17 heteroatoms. The van der Waals surface area contributed by atoms with Crippen LogP contribution in [0.2, 0.25) is 5.02 Å². The number of ether oxygens (including phenoxy) is 1. The van der Waals surface area contributed by atoms with Crippen LogP contribution in [-0.2, 0) is 15.1 Å². The van der Waals surface area contributed by atoms with Crippen LogP contribution in [0.4, 0.5) is 28.0 Å². The van der Waals surface area contributed by atoms with E-state index in [1.165, 1.54) is 36.5 Å². The van der Waals surface area contributed by atoms with Crippen molar-refractivity contribution in [2.45, 2.75) is 77.1 Å². The van der Waals surface area contributed by atoms with E-state index in [1.807, 2.05) is 20.8 Å². The van der Waals surface area contributed by atoms with Gasteiger partial charge >= 0.3 is 12.6 Å². The van der Waals surface area contributed by atoms with E-state index in [2.05, 4.69) is 27.2 Å². The minimum absolute atomic E-state index is 0.00563. The van der Waals surface area contributed by atoms with Gasteiger partial charge in [0.2, 0.25) is 0 Å². The van der Waals surface area contributed by atoms with E-state index in [1.54, 1.807) is 30.3 Å². The Hall–Kier alpha value is -4.99. The largest absolute Gasteiger partial charge is 0.447 e. The fraction of sp³-hybridized carbons (Fsp3) is 0.459. The highest BCUT2D eigenvalue weighted by Crippen LogP contribution is 2.50. The van der Waals surface area contributed by atoms with Crippen molar-refractivity contribution in [3.63, 3.8) is 0 Å². The average molecular weight is 772 g/mol. The van der Waals surface area contributed by atoms with Gasteiger partial charge in [-0.25, -0.2) is 28.3 Å². The highest BCUT2D eigenvalue weighted by atomic mass is 35.5. The Morgan fingerprint density at radius 2 is 1.87 bits per heavy atom. The Labute approximate surface area is 315 Å². The first-order valence-electron chi connectivity index (χ1n) is 17.4. The molecule has 0 radical (unpaired) electrons. The molecule has 1 aliphatic heterocycles. The Bertz CT molecular complexity index is 1960. The van der Waals surface area contributed by atoms with Crippen LogP contribution in [0.1, 0.15) is 70.2 Å². The number of carbonyl (C=O) groups excluding carboxylic acids is 2. The van der Waals surface area contributed by atoms with Crippen LogP contribution in [0.3, 0.4) is 0 Å². The predicted molar refractivity (Wildman–Crippen MR) is 198 cm³/mol. The smallest absolute Gasteiger partial charge is 0.407 e. The topological polar surface area (TPSA) is 143 Å². The lowest BCUT2D eigenvalue weighted by atomic mass is 9.75. The van der Waals surface area contributed by atoms with E-state index >= 15 is 4.79 Å². The molecule has 0 saturated heterocycles. The third-order valence-corrected chi connectivity index (χ3v) is 10.1. The third-order valence-electron chi connectivity index (χ3n) is 9.83. The van der Waals surface area contributed by atoms with E-state index in [9.17, 15) is 22.4 Å². The fourth-order valence-corrected chi connectivity index (χ4v) is 7.35. The molecule has 2 aliphatic carbocycles. The van der Waals surface area contributed by atoms with Gasteiger partial charge < -0.3 is 15.8 Å². The van der Waals surface area contributed by atoms with E-state index in [-0.39, 0.29) is 35.7 Å². The highest BCUT2D eigenvalue weighted by molar-refractivity contribution is 6.34. The van der Waals surface area contributed by atoms with Crippen molar-refractivity contribution in [2.75, 3.05) is 18.7 Å². The van der Waals surface area contributed by atoms with Crippen LogP contribution in [0, 0.1) is 17.3 Å². The molecule has 2 fully saturated rings. The van der Waals surface area contributed by atoms with E-state index in [0.717, 1.165) is 24.3 Å². The van der Waals surface area contributed by atoms with Crippen LogP contribution in [0.25, 0.3) is 11.1 Å². The minimum Gasteiger partial charge on any atom is -0.447 e. The molecule has 3 N–H and O–H groups in total. The van der Waals surface area contributed by atoms with Crippen LogP contribution in [-0.4, -0.2) is 71.3 Å². The van der Waals surface area contributed by atoms with Crippen LogP contribution >= 0.6 is 11.6 Å². The standard InChI is InChI=1S/C37H42ClF4N9O3/c1-36(2,3)19-37(24-11-8-20(9-12-24)23-16-46-49(17-23)33(41)42)32(52)50(34(43)48-37)29(18-54-35(53)47-27-15-25(27)21-6-7-21)22-10-13-26(38)28(14-22)51(45-5)31(44-4)30(39)40/h8-14,16-17,21,25,27,29-30,33H,5-7,15,18-19H2,1-4H3,(H2,43,48)(H,47,53)/t25?,27-,29-,37-/m1/s1. The number of benzene rings is 2. The quantitative estimate of drug-likeness (QED) is 0.0805. The number of rotatable bonds is 13. The molecule has 2 aromatic carbocycles. The third kappa shape index (κ3) is 7.93. The lowest BCUT2D eigenvalue weighted by molar-refractivity contribution is -0.135. The van der Waals surface area contributed by atoms with Gasteiger partial charge in [-0.2, -0.15) is 19.0 Å². The summed E-state index contributed by atoms with van der Waals surface area (Å²) in [6.45, 7) is 6.07. The summed E-state index contributed by atoms with van der Waals surface area (Å²) < 4.78 is 60.7. The van der Waals surface area contributed by atoms with E-state index in [4.69, 9.17) is 27.1 Å². The second-order valence-electron chi connectivity index (χ2n) is 15.0. The lowest BCUT2D eigenvalue weighted by Crippen LogP contribution is -2.47. The molecular formula is C37H42ClF4N9O3. The van der Waals surface area contributed by atoms with Gasteiger partial charge in [0.1, 0.15) is 6.61 Å². The molecule has 0 bridgehead atoms.